The molecular formula is C12H14FNO. The molecule has 3 heteroatoms. The Morgan fingerprint density at radius 2 is 2.13 bits per heavy atom. The fourth-order valence-corrected chi connectivity index (χ4v) is 2.07. The van der Waals surface area contributed by atoms with E-state index in [-0.39, 0.29) is 5.82 Å². The van der Waals surface area contributed by atoms with Gasteiger partial charge in [-0.2, -0.15) is 0 Å². The molecule has 1 unspecified atom stereocenters. The Bertz CT molecular complexity index is 376. The lowest BCUT2D eigenvalue weighted by Crippen LogP contribution is -2.28. The Hall–Kier alpha value is -1.09. The van der Waals surface area contributed by atoms with Gasteiger partial charge in [-0.1, -0.05) is 6.07 Å². The quantitative estimate of drug-likeness (QED) is 0.804. The van der Waals surface area contributed by atoms with Gasteiger partial charge in [-0.15, -0.1) is 0 Å². The first kappa shape index (κ1) is 9.16. The van der Waals surface area contributed by atoms with Gasteiger partial charge in [-0.25, -0.2) is 4.39 Å². The van der Waals surface area contributed by atoms with E-state index in [9.17, 15) is 4.39 Å². The monoisotopic (exact) mass is 207 g/mol. The van der Waals surface area contributed by atoms with E-state index in [2.05, 4.69) is 5.32 Å². The maximum atomic E-state index is 13.0. The number of fused-ring (bicyclic) bond motifs is 1. The first-order valence-corrected chi connectivity index (χ1v) is 5.51. The van der Waals surface area contributed by atoms with Crippen LogP contribution in [0.25, 0.3) is 0 Å². The largest absolute Gasteiger partial charge is 0.493 e. The highest BCUT2D eigenvalue weighted by molar-refractivity contribution is 5.38. The summed E-state index contributed by atoms with van der Waals surface area (Å²) in [6.45, 7) is 0.681. The number of nitrogens with one attached hydrogen (secondary N) is 1. The predicted octanol–water partition coefficient (Wildman–Crippen LogP) is 2.40. The molecule has 0 aromatic heterocycles. The van der Waals surface area contributed by atoms with Crippen LogP contribution in [-0.2, 0) is 0 Å². The molecule has 1 saturated carbocycles. The minimum absolute atomic E-state index is 0.221. The van der Waals surface area contributed by atoms with E-state index in [1.165, 1.54) is 25.0 Å². The number of ether oxygens (including phenoxy) is 1. The second-order valence-electron chi connectivity index (χ2n) is 4.31. The summed E-state index contributed by atoms with van der Waals surface area (Å²) in [5.41, 5.74) is 1.11. The van der Waals surface area contributed by atoms with Gasteiger partial charge in [0.05, 0.1) is 6.61 Å². The second kappa shape index (κ2) is 3.49. The standard InChI is InChI=1S/C12H14FNO/c13-8-1-4-10-11(14-9-2-3-9)5-6-15-12(10)7-8/h1,4,7,9,11,14H,2-3,5-6H2. The van der Waals surface area contributed by atoms with Gasteiger partial charge in [-0.3, -0.25) is 0 Å². The van der Waals surface area contributed by atoms with Gasteiger partial charge < -0.3 is 10.1 Å². The van der Waals surface area contributed by atoms with Crippen LogP contribution < -0.4 is 10.1 Å². The maximum absolute atomic E-state index is 13.0. The molecule has 15 heavy (non-hydrogen) atoms. The van der Waals surface area contributed by atoms with Crippen LogP contribution in [0.4, 0.5) is 4.39 Å². The summed E-state index contributed by atoms with van der Waals surface area (Å²) < 4.78 is 18.5. The zero-order valence-electron chi connectivity index (χ0n) is 8.50. The average Bonchev–Trinajstić information content (AvgIpc) is 3.01. The van der Waals surface area contributed by atoms with Gasteiger partial charge in [0.25, 0.3) is 0 Å². The Kier molecular flexibility index (Phi) is 2.13. The van der Waals surface area contributed by atoms with E-state index < -0.39 is 0 Å². The van der Waals surface area contributed by atoms with E-state index in [4.69, 9.17) is 4.74 Å². The van der Waals surface area contributed by atoms with Crippen LogP contribution in [0.2, 0.25) is 0 Å². The molecule has 2 aliphatic rings. The smallest absolute Gasteiger partial charge is 0.126 e. The van der Waals surface area contributed by atoms with Crippen LogP contribution in [0.1, 0.15) is 30.9 Å². The number of halogens is 1. The Morgan fingerprint density at radius 3 is 2.93 bits per heavy atom. The van der Waals surface area contributed by atoms with Gasteiger partial charge in [-0.05, 0) is 18.9 Å². The molecule has 1 aliphatic carbocycles. The fraction of sp³-hybridized carbons (Fsp3) is 0.500. The molecule has 1 aromatic rings. The zero-order chi connectivity index (χ0) is 10.3. The lowest BCUT2D eigenvalue weighted by Gasteiger charge is -2.26. The van der Waals surface area contributed by atoms with Crippen molar-refractivity contribution >= 4 is 0 Å². The molecule has 2 nitrogen and oxygen atoms in total. The molecule has 3 rings (SSSR count). The minimum Gasteiger partial charge on any atom is -0.493 e. The average molecular weight is 207 g/mol. The number of hydrogen-bond acceptors (Lipinski definition) is 2. The fourth-order valence-electron chi connectivity index (χ4n) is 2.07. The summed E-state index contributed by atoms with van der Waals surface area (Å²) >= 11 is 0. The van der Waals surface area contributed by atoms with Gasteiger partial charge in [0.15, 0.2) is 0 Å². The topological polar surface area (TPSA) is 21.3 Å². The van der Waals surface area contributed by atoms with E-state index in [1.807, 2.05) is 6.07 Å². The Balaban J connectivity index is 1.87. The van der Waals surface area contributed by atoms with Gasteiger partial charge in [0.2, 0.25) is 0 Å². The van der Waals surface area contributed by atoms with Crippen molar-refractivity contribution in [3.05, 3.63) is 29.6 Å². The molecule has 0 saturated heterocycles. The summed E-state index contributed by atoms with van der Waals surface area (Å²) in [7, 11) is 0. The third kappa shape index (κ3) is 1.84. The molecule has 1 fully saturated rings. The molecule has 80 valence electrons. The van der Waals surface area contributed by atoms with E-state index >= 15 is 0 Å². The molecular weight excluding hydrogens is 193 g/mol. The molecule has 0 spiro atoms. The molecule has 0 bridgehead atoms. The molecule has 1 atom stereocenters. The molecule has 1 aliphatic heterocycles. The van der Waals surface area contributed by atoms with Crippen molar-refractivity contribution in [2.45, 2.75) is 31.3 Å². The van der Waals surface area contributed by atoms with Crippen molar-refractivity contribution in [3.8, 4) is 5.75 Å². The summed E-state index contributed by atoms with van der Waals surface area (Å²) in [5, 5.41) is 3.57. The maximum Gasteiger partial charge on any atom is 0.126 e. The van der Waals surface area contributed by atoms with Crippen molar-refractivity contribution in [2.75, 3.05) is 6.61 Å². The van der Waals surface area contributed by atoms with Crippen molar-refractivity contribution in [1.29, 1.82) is 0 Å². The highest BCUT2D eigenvalue weighted by Gasteiger charge is 2.28. The highest BCUT2D eigenvalue weighted by atomic mass is 19.1. The normalized spacial score (nSPS) is 24.5. The van der Waals surface area contributed by atoms with E-state index in [0.717, 1.165) is 12.0 Å². The molecule has 1 aromatic carbocycles. The van der Waals surface area contributed by atoms with Crippen LogP contribution in [0, 0.1) is 5.82 Å². The third-order valence-corrected chi connectivity index (χ3v) is 3.03. The summed E-state index contributed by atoms with van der Waals surface area (Å²) in [6, 6.07) is 5.85. The first-order chi connectivity index (χ1) is 7.33. The van der Waals surface area contributed by atoms with Crippen LogP contribution in [-0.4, -0.2) is 12.6 Å². The number of rotatable bonds is 2. The molecule has 1 heterocycles. The van der Waals surface area contributed by atoms with Crippen LogP contribution >= 0.6 is 0 Å². The first-order valence-electron chi connectivity index (χ1n) is 5.51. The van der Waals surface area contributed by atoms with Crippen LogP contribution in [0.15, 0.2) is 18.2 Å². The van der Waals surface area contributed by atoms with Crippen LogP contribution in [0.5, 0.6) is 5.75 Å². The molecule has 0 radical (unpaired) electrons. The van der Waals surface area contributed by atoms with Crippen molar-refractivity contribution in [3.63, 3.8) is 0 Å². The van der Waals surface area contributed by atoms with E-state index in [1.54, 1.807) is 0 Å². The summed E-state index contributed by atoms with van der Waals surface area (Å²) in [4.78, 5) is 0. The van der Waals surface area contributed by atoms with Gasteiger partial charge in [0, 0.05) is 30.1 Å². The molecule has 1 N–H and O–H groups in total. The predicted molar refractivity (Wildman–Crippen MR) is 55.4 cm³/mol. The van der Waals surface area contributed by atoms with Crippen LogP contribution in [0.3, 0.4) is 0 Å². The Morgan fingerprint density at radius 1 is 1.27 bits per heavy atom. The van der Waals surface area contributed by atoms with Gasteiger partial charge in [0.1, 0.15) is 11.6 Å². The highest BCUT2D eigenvalue weighted by Crippen LogP contribution is 2.34. The van der Waals surface area contributed by atoms with Gasteiger partial charge >= 0.3 is 0 Å². The van der Waals surface area contributed by atoms with Crippen molar-refractivity contribution < 1.29 is 9.13 Å². The number of hydrogen-bond donors (Lipinski definition) is 1. The van der Waals surface area contributed by atoms with Crippen molar-refractivity contribution in [2.24, 2.45) is 0 Å². The summed E-state index contributed by atoms with van der Waals surface area (Å²) in [6.07, 6.45) is 3.52. The minimum atomic E-state index is -0.221. The second-order valence-corrected chi connectivity index (χ2v) is 4.31. The van der Waals surface area contributed by atoms with Crippen molar-refractivity contribution in [1.82, 2.24) is 5.32 Å². The zero-order valence-corrected chi connectivity index (χ0v) is 8.50. The van der Waals surface area contributed by atoms with E-state index in [0.29, 0.717) is 24.4 Å². The third-order valence-electron chi connectivity index (χ3n) is 3.03. The SMILES string of the molecule is Fc1ccc2c(c1)OCCC2NC1CC1. The Labute approximate surface area is 88.4 Å². The summed E-state index contributed by atoms with van der Waals surface area (Å²) in [5.74, 6) is 0.486. The lowest BCUT2D eigenvalue weighted by atomic mass is 10.0. The molecule has 0 amide bonds. The number of benzene rings is 1. The lowest BCUT2D eigenvalue weighted by molar-refractivity contribution is 0.250.